The molecule has 0 aliphatic rings. The van der Waals surface area contributed by atoms with E-state index in [1.54, 1.807) is 48.2 Å². The average Bonchev–Trinajstić information content (AvgIpc) is 2.80. The zero-order valence-electron chi connectivity index (χ0n) is 18.0. The highest BCUT2D eigenvalue weighted by molar-refractivity contribution is 5.94. The van der Waals surface area contributed by atoms with Crippen molar-refractivity contribution in [1.82, 2.24) is 9.88 Å². The van der Waals surface area contributed by atoms with Crippen LogP contribution in [0.25, 0.3) is 0 Å². The number of unbranched alkanes of at least 4 members (excludes halogenated alkanes) is 1. The van der Waals surface area contributed by atoms with E-state index in [9.17, 15) is 9.59 Å². The van der Waals surface area contributed by atoms with Crippen LogP contribution in [0, 0.1) is 0 Å². The molecule has 0 aliphatic carbocycles. The van der Waals surface area contributed by atoms with Crippen LogP contribution in [0.3, 0.4) is 0 Å². The van der Waals surface area contributed by atoms with Crippen molar-refractivity contribution in [2.75, 3.05) is 13.7 Å². The van der Waals surface area contributed by atoms with Crippen LogP contribution in [-0.2, 0) is 13.1 Å². The standard InChI is InChI=1S/C25H28N2O4/c1-3-4-15-31-22-13-12-21(16-23(22)30-2)25(29)26-17-19-8-10-20(11-9-19)18-27-14-6-5-7-24(27)28/h5-14,16H,3-4,15,17-18H2,1-2H3,(H,26,29). The van der Waals surface area contributed by atoms with Gasteiger partial charge in [0.15, 0.2) is 11.5 Å². The number of aromatic nitrogens is 1. The van der Waals surface area contributed by atoms with Crippen molar-refractivity contribution in [3.8, 4) is 11.5 Å². The predicted molar refractivity (Wildman–Crippen MR) is 121 cm³/mol. The second kappa shape index (κ2) is 11.0. The molecule has 31 heavy (non-hydrogen) atoms. The summed E-state index contributed by atoms with van der Waals surface area (Å²) in [6, 6.07) is 18.1. The predicted octanol–water partition coefficient (Wildman–Crippen LogP) is 4.01. The Morgan fingerprint density at radius 2 is 1.77 bits per heavy atom. The Labute approximate surface area is 182 Å². The minimum absolute atomic E-state index is 0.0314. The molecule has 6 heteroatoms. The molecule has 0 unspecified atom stereocenters. The van der Waals surface area contributed by atoms with Crippen LogP contribution >= 0.6 is 0 Å². The van der Waals surface area contributed by atoms with Gasteiger partial charge in [0.2, 0.25) is 0 Å². The number of ether oxygens (including phenoxy) is 2. The van der Waals surface area contributed by atoms with Gasteiger partial charge in [0, 0.05) is 24.4 Å². The molecular weight excluding hydrogens is 392 g/mol. The molecule has 0 radical (unpaired) electrons. The Morgan fingerprint density at radius 3 is 2.48 bits per heavy atom. The van der Waals surface area contributed by atoms with E-state index in [1.807, 2.05) is 30.3 Å². The first-order valence-electron chi connectivity index (χ1n) is 10.4. The van der Waals surface area contributed by atoms with Crippen molar-refractivity contribution < 1.29 is 14.3 Å². The number of pyridine rings is 1. The van der Waals surface area contributed by atoms with Crippen molar-refractivity contribution in [2.24, 2.45) is 0 Å². The summed E-state index contributed by atoms with van der Waals surface area (Å²) in [4.78, 5) is 24.4. The molecule has 1 aromatic heterocycles. The van der Waals surface area contributed by atoms with Gasteiger partial charge in [-0.25, -0.2) is 0 Å². The highest BCUT2D eigenvalue weighted by Crippen LogP contribution is 2.28. The van der Waals surface area contributed by atoms with Gasteiger partial charge in [-0.3, -0.25) is 9.59 Å². The van der Waals surface area contributed by atoms with E-state index in [1.165, 1.54) is 0 Å². The summed E-state index contributed by atoms with van der Waals surface area (Å²) in [6.07, 6.45) is 3.78. The molecule has 0 bridgehead atoms. The summed E-state index contributed by atoms with van der Waals surface area (Å²) in [5.74, 6) is 1.00. The van der Waals surface area contributed by atoms with Gasteiger partial charge >= 0.3 is 0 Å². The van der Waals surface area contributed by atoms with Crippen LogP contribution in [-0.4, -0.2) is 24.2 Å². The first-order chi connectivity index (χ1) is 15.1. The topological polar surface area (TPSA) is 69.6 Å². The summed E-state index contributed by atoms with van der Waals surface area (Å²) >= 11 is 0. The fourth-order valence-electron chi connectivity index (χ4n) is 3.09. The molecule has 1 heterocycles. The van der Waals surface area contributed by atoms with Gasteiger partial charge in [-0.05, 0) is 41.8 Å². The number of nitrogens with zero attached hydrogens (tertiary/aromatic N) is 1. The molecule has 162 valence electrons. The Morgan fingerprint density at radius 1 is 1.00 bits per heavy atom. The van der Waals surface area contributed by atoms with Crippen LogP contribution in [0.15, 0.2) is 71.7 Å². The Bertz CT molecular complexity index is 1060. The molecule has 0 spiro atoms. The molecule has 3 rings (SSSR count). The molecule has 6 nitrogen and oxygen atoms in total. The van der Waals surface area contributed by atoms with Crippen LogP contribution in [0.5, 0.6) is 11.5 Å². The lowest BCUT2D eigenvalue weighted by molar-refractivity contribution is 0.0950. The normalized spacial score (nSPS) is 10.5. The molecule has 2 aromatic carbocycles. The average molecular weight is 421 g/mol. The first kappa shape index (κ1) is 22.2. The molecule has 0 aliphatic heterocycles. The van der Waals surface area contributed by atoms with Crippen LogP contribution in [0.4, 0.5) is 0 Å². The van der Waals surface area contributed by atoms with Gasteiger partial charge in [0.25, 0.3) is 11.5 Å². The van der Waals surface area contributed by atoms with Crippen molar-refractivity contribution in [1.29, 1.82) is 0 Å². The third kappa shape index (κ3) is 6.22. The zero-order valence-corrected chi connectivity index (χ0v) is 18.0. The smallest absolute Gasteiger partial charge is 0.251 e. The van der Waals surface area contributed by atoms with E-state index in [4.69, 9.17) is 9.47 Å². The fourth-order valence-corrected chi connectivity index (χ4v) is 3.09. The summed E-state index contributed by atoms with van der Waals surface area (Å²) in [5.41, 5.74) is 2.48. The lowest BCUT2D eigenvalue weighted by atomic mass is 10.1. The molecular formula is C25H28N2O4. The molecule has 0 saturated heterocycles. The second-order valence-corrected chi connectivity index (χ2v) is 7.23. The first-order valence-corrected chi connectivity index (χ1v) is 10.4. The number of hydrogen-bond acceptors (Lipinski definition) is 4. The summed E-state index contributed by atoms with van der Waals surface area (Å²) in [6.45, 7) is 3.64. The maximum absolute atomic E-state index is 12.6. The number of carbonyl (C=O) groups is 1. The Balaban J connectivity index is 1.57. The number of benzene rings is 2. The number of amides is 1. The van der Waals surface area contributed by atoms with Crippen molar-refractivity contribution in [3.05, 3.63) is 93.9 Å². The van der Waals surface area contributed by atoms with E-state index in [2.05, 4.69) is 12.2 Å². The largest absolute Gasteiger partial charge is 0.493 e. The maximum atomic E-state index is 12.6. The molecule has 0 atom stereocenters. The molecule has 1 amide bonds. The number of methoxy groups -OCH3 is 1. The van der Waals surface area contributed by atoms with Crippen molar-refractivity contribution in [2.45, 2.75) is 32.9 Å². The van der Waals surface area contributed by atoms with Crippen LogP contribution in [0.1, 0.15) is 41.3 Å². The van der Waals surface area contributed by atoms with Gasteiger partial charge < -0.3 is 19.4 Å². The van der Waals surface area contributed by atoms with Crippen LogP contribution < -0.4 is 20.3 Å². The SMILES string of the molecule is CCCCOc1ccc(C(=O)NCc2ccc(Cn3ccccc3=O)cc2)cc1OC. The number of hydrogen-bond donors (Lipinski definition) is 1. The van der Waals surface area contributed by atoms with E-state index in [-0.39, 0.29) is 11.5 Å². The second-order valence-electron chi connectivity index (χ2n) is 7.23. The number of carbonyl (C=O) groups excluding carboxylic acids is 1. The van der Waals surface area contributed by atoms with Gasteiger partial charge in [-0.15, -0.1) is 0 Å². The minimum Gasteiger partial charge on any atom is -0.493 e. The summed E-state index contributed by atoms with van der Waals surface area (Å²) < 4.78 is 12.7. The lowest BCUT2D eigenvalue weighted by Crippen LogP contribution is -2.23. The number of rotatable bonds is 10. The van der Waals surface area contributed by atoms with Gasteiger partial charge in [-0.2, -0.15) is 0 Å². The van der Waals surface area contributed by atoms with Crippen molar-refractivity contribution in [3.63, 3.8) is 0 Å². The molecule has 0 saturated carbocycles. The van der Waals surface area contributed by atoms with E-state index >= 15 is 0 Å². The van der Waals surface area contributed by atoms with Gasteiger partial charge in [0.1, 0.15) is 0 Å². The highest BCUT2D eigenvalue weighted by Gasteiger charge is 2.11. The molecule has 3 aromatic rings. The van der Waals surface area contributed by atoms with E-state index in [0.29, 0.717) is 36.8 Å². The molecule has 1 N–H and O–H groups in total. The Hall–Kier alpha value is -3.54. The Kier molecular flexibility index (Phi) is 7.87. The van der Waals surface area contributed by atoms with E-state index < -0.39 is 0 Å². The van der Waals surface area contributed by atoms with E-state index in [0.717, 1.165) is 24.0 Å². The lowest BCUT2D eigenvalue weighted by Gasteiger charge is -2.12. The highest BCUT2D eigenvalue weighted by atomic mass is 16.5. The monoisotopic (exact) mass is 420 g/mol. The zero-order chi connectivity index (χ0) is 22.1. The fraction of sp³-hybridized carbons (Fsp3) is 0.280. The third-order valence-corrected chi connectivity index (χ3v) is 4.91. The molecule has 0 fully saturated rings. The quantitative estimate of drug-likeness (QED) is 0.503. The van der Waals surface area contributed by atoms with Crippen molar-refractivity contribution >= 4 is 5.91 Å². The van der Waals surface area contributed by atoms with Crippen LogP contribution in [0.2, 0.25) is 0 Å². The minimum atomic E-state index is -0.182. The summed E-state index contributed by atoms with van der Waals surface area (Å²) in [5, 5.41) is 2.93. The number of nitrogens with one attached hydrogen (secondary N) is 1. The van der Waals surface area contributed by atoms with Gasteiger partial charge in [-0.1, -0.05) is 43.7 Å². The summed E-state index contributed by atoms with van der Waals surface area (Å²) in [7, 11) is 1.56. The maximum Gasteiger partial charge on any atom is 0.251 e. The third-order valence-electron chi connectivity index (χ3n) is 4.91. The van der Waals surface area contributed by atoms with Gasteiger partial charge in [0.05, 0.1) is 20.3 Å².